The first-order valence-electron chi connectivity index (χ1n) is 8.33. The molecule has 0 spiro atoms. The summed E-state index contributed by atoms with van der Waals surface area (Å²) in [5, 5.41) is 53.5. The molecule has 0 aromatic rings. The summed E-state index contributed by atoms with van der Waals surface area (Å²) in [5.74, 6) is -14.7. The van der Waals surface area contributed by atoms with Crippen LogP contribution < -0.4 is 0 Å². The summed E-state index contributed by atoms with van der Waals surface area (Å²) in [7, 11) is 0. The van der Waals surface area contributed by atoms with Crippen LogP contribution in [0.25, 0.3) is 0 Å². The summed E-state index contributed by atoms with van der Waals surface area (Å²) in [4.78, 5) is 90.0. The van der Waals surface area contributed by atoms with Crippen molar-refractivity contribution in [2.75, 3.05) is 0 Å². The highest BCUT2D eigenvalue weighted by atomic mass is 16.6. The number of carboxylic acids is 6. The quantitative estimate of drug-likeness (QED) is 0.148. The van der Waals surface area contributed by atoms with Gasteiger partial charge in [0.1, 0.15) is 0 Å². The molecular weight excluding hydrogens is 448 g/mol. The number of hydrogen-bond acceptors (Lipinski definition) is 10. The standard InChI is InChI=1S/C16H18O16/c17-7(18)3-15(13(27)28,4-8(19)20)31-11(25)1-2-12(26)32-16(14(29)30,5-9(21)22)6-10(23)24/h1-6H2,(H,17,18)(H,19,20)(H,21,22)(H,23,24)(H,27,28)(H,29,30). The minimum atomic E-state index is -3.02. The van der Waals surface area contributed by atoms with E-state index in [1.54, 1.807) is 0 Å². The number of carboxylic acid groups (broad SMARTS) is 6. The van der Waals surface area contributed by atoms with Gasteiger partial charge in [0.2, 0.25) is 11.2 Å². The minimum absolute atomic E-state index is 1.07. The van der Waals surface area contributed by atoms with Crippen LogP contribution >= 0.6 is 0 Å². The SMILES string of the molecule is O=C(O)CC(CC(=O)O)(OC(=O)CCC(=O)OC(CC(=O)O)(CC(=O)O)C(=O)O)C(=O)O. The highest BCUT2D eigenvalue weighted by molar-refractivity contribution is 5.92. The lowest BCUT2D eigenvalue weighted by molar-refractivity contribution is -0.189. The molecule has 0 amide bonds. The van der Waals surface area contributed by atoms with Crippen LogP contribution in [0.15, 0.2) is 0 Å². The van der Waals surface area contributed by atoms with Crippen LogP contribution in [-0.2, 0) is 47.8 Å². The van der Waals surface area contributed by atoms with E-state index in [-0.39, 0.29) is 0 Å². The Morgan fingerprint density at radius 2 is 0.688 bits per heavy atom. The maximum atomic E-state index is 11.9. The van der Waals surface area contributed by atoms with E-state index in [1.807, 2.05) is 0 Å². The number of carbonyl (C=O) groups excluding carboxylic acids is 2. The van der Waals surface area contributed by atoms with Gasteiger partial charge in [0.05, 0.1) is 38.5 Å². The van der Waals surface area contributed by atoms with Crippen molar-refractivity contribution in [3.05, 3.63) is 0 Å². The molecule has 0 fully saturated rings. The van der Waals surface area contributed by atoms with Gasteiger partial charge in [0, 0.05) is 0 Å². The second kappa shape index (κ2) is 11.2. The molecule has 0 aliphatic carbocycles. The Kier molecular flexibility index (Phi) is 9.74. The van der Waals surface area contributed by atoms with Crippen molar-refractivity contribution in [3.63, 3.8) is 0 Å². The number of rotatable bonds is 15. The second-order valence-electron chi connectivity index (χ2n) is 6.33. The van der Waals surface area contributed by atoms with Crippen molar-refractivity contribution < 1.29 is 78.5 Å². The Labute approximate surface area is 176 Å². The minimum Gasteiger partial charge on any atom is -0.481 e. The fourth-order valence-electron chi connectivity index (χ4n) is 2.38. The van der Waals surface area contributed by atoms with Crippen LogP contribution in [0.1, 0.15) is 38.5 Å². The van der Waals surface area contributed by atoms with Gasteiger partial charge in [-0.15, -0.1) is 0 Å². The van der Waals surface area contributed by atoms with E-state index in [9.17, 15) is 38.4 Å². The average molecular weight is 466 g/mol. The molecule has 16 nitrogen and oxygen atoms in total. The van der Waals surface area contributed by atoms with Gasteiger partial charge in [-0.2, -0.15) is 0 Å². The first-order chi connectivity index (χ1) is 14.5. The fraction of sp³-hybridized carbons (Fsp3) is 0.500. The molecule has 0 bridgehead atoms. The molecule has 0 saturated carbocycles. The average Bonchev–Trinajstić information content (AvgIpc) is 2.57. The molecule has 0 unspecified atom stereocenters. The Morgan fingerprint density at radius 1 is 0.469 bits per heavy atom. The molecule has 0 aromatic heterocycles. The molecule has 0 aromatic carbocycles. The van der Waals surface area contributed by atoms with Gasteiger partial charge in [-0.25, -0.2) is 9.59 Å². The highest BCUT2D eigenvalue weighted by Gasteiger charge is 2.48. The third kappa shape index (κ3) is 8.64. The lowest BCUT2D eigenvalue weighted by atomic mass is 9.95. The van der Waals surface area contributed by atoms with Crippen molar-refractivity contribution in [1.82, 2.24) is 0 Å². The Bertz CT molecular complexity index is 724. The predicted molar refractivity (Wildman–Crippen MR) is 91.2 cm³/mol. The van der Waals surface area contributed by atoms with Gasteiger partial charge >= 0.3 is 47.8 Å². The zero-order chi connectivity index (χ0) is 25.3. The number of ether oxygens (including phenoxy) is 2. The molecule has 0 aliphatic rings. The summed E-state index contributed by atoms with van der Waals surface area (Å²) < 4.78 is 8.93. The zero-order valence-corrected chi connectivity index (χ0v) is 16.0. The lowest BCUT2D eigenvalue weighted by Gasteiger charge is -2.27. The van der Waals surface area contributed by atoms with Gasteiger partial charge in [-0.1, -0.05) is 0 Å². The number of hydrogen-bond donors (Lipinski definition) is 6. The Balaban J connectivity index is 5.45. The maximum absolute atomic E-state index is 11.9. The molecule has 16 heteroatoms. The van der Waals surface area contributed by atoms with E-state index < -0.39 is 97.5 Å². The van der Waals surface area contributed by atoms with Gasteiger partial charge in [-0.3, -0.25) is 28.8 Å². The maximum Gasteiger partial charge on any atom is 0.349 e. The van der Waals surface area contributed by atoms with Gasteiger partial charge in [0.25, 0.3) is 0 Å². The summed E-state index contributed by atoms with van der Waals surface area (Å²) in [6, 6.07) is 0. The number of esters is 2. The molecule has 178 valence electrons. The summed E-state index contributed by atoms with van der Waals surface area (Å²) in [5.41, 5.74) is -6.04. The lowest BCUT2D eigenvalue weighted by Crippen LogP contribution is -2.47. The first-order valence-corrected chi connectivity index (χ1v) is 8.33. The summed E-state index contributed by atoms with van der Waals surface area (Å²) in [6.45, 7) is 0. The molecular formula is C16H18O16. The van der Waals surface area contributed by atoms with E-state index in [1.165, 1.54) is 0 Å². The smallest absolute Gasteiger partial charge is 0.349 e. The summed E-state index contributed by atoms with van der Waals surface area (Å²) in [6.07, 6.45) is -7.89. The third-order valence-electron chi connectivity index (χ3n) is 3.68. The molecule has 0 aliphatic heterocycles. The molecule has 6 N–H and O–H groups in total. The van der Waals surface area contributed by atoms with Gasteiger partial charge in [-0.05, 0) is 0 Å². The largest absolute Gasteiger partial charge is 0.481 e. The fourth-order valence-corrected chi connectivity index (χ4v) is 2.38. The van der Waals surface area contributed by atoms with E-state index in [4.69, 9.17) is 30.6 Å². The van der Waals surface area contributed by atoms with E-state index in [0.29, 0.717) is 0 Å². The van der Waals surface area contributed by atoms with Crippen LogP contribution in [0, 0.1) is 0 Å². The second-order valence-corrected chi connectivity index (χ2v) is 6.33. The molecule has 0 radical (unpaired) electrons. The summed E-state index contributed by atoms with van der Waals surface area (Å²) >= 11 is 0. The van der Waals surface area contributed by atoms with Crippen molar-refractivity contribution in [2.24, 2.45) is 0 Å². The van der Waals surface area contributed by atoms with Crippen molar-refractivity contribution in [3.8, 4) is 0 Å². The van der Waals surface area contributed by atoms with Gasteiger partial charge < -0.3 is 40.1 Å². The highest BCUT2D eigenvalue weighted by Crippen LogP contribution is 2.25. The van der Waals surface area contributed by atoms with Crippen LogP contribution in [-0.4, -0.2) is 89.6 Å². The van der Waals surface area contributed by atoms with Crippen LogP contribution in [0.2, 0.25) is 0 Å². The van der Waals surface area contributed by atoms with Crippen LogP contribution in [0.5, 0.6) is 0 Å². The monoisotopic (exact) mass is 466 g/mol. The zero-order valence-electron chi connectivity index (χ0n) is 16.0. The van der Waals surface area contributed by atoms with Crippen molar-refractivity contribution >= 4 is 47.8 Å². The van der Waals surface area contributed by atoms with E-state index in [0.717, 1.165) is 0 Å². The first kappa shape index (κ1) is 27.8. The number of carbonyl (C=O) groups is 8. The molecule has 32 heavy (non-hydrogen) atoms. The number of aliphatic carboxylic acids is 6. The van der Waals surface area contributed by atoms with E-state index in [2.05, 4.69) is 9.47 Å². The Hall–Kier alpha value is -4.24. The Morgan fingerprint density at radius 3 is 0.844 bits per heavy atom. The normalized spacial score (nSPS) is 11.1. The van der Waals surface area contributed by atoms with E-state index >= 15 is 0 Å². The van der Waals surface area contributed by atoms with Crippen molar-refractivity contribution in [2.45, 2.75) is 49.7 Å². The van der Waals surface area contributed by atoms with Crippen molar-refractivity contribution in [1.29, 1.82) is 0 Å². The predicted octanol–water partition coefficient (Wildman–Crippen LogP) is -1.60. The van der Waals surface area contributed by atoms with Gasteiger partial charge in [0.15, 0.2) is 0 Å². The molecule has 0 atom stereocenters. The topological polar surface area (TPSA) is 276 Å². The molecule has 0 saturated heterocycles. The van der Waals surface area contributed by atoms with Crippen LogP contribution in [0.3, 0.4) is 0 Å². The third-order valence-corrected chi connectivity index (χ3v) is 3.68. The molecule has 0 rings (SSSR count). The van der Waals surface area contributed by atoms with Crippen LogP contribution in [0.4, 0.5) is 0 Å². The molecule has 0 heterocycles.